The van der Waals surface area contributed by atoms with Crippen LogP contribution < -0.4 is 5.73 Å². The Bertz CT molecular complexity index is 444. The fourth-order valence-corrected chi connectivity index (χ4v) is 3.09. The van der Waals surface area contributed by atoms with Crippen molar-refractivity contribution in [1.82, 2.24) is 0 Å². The van der Waals surface area contributed by atoms with Crippen LogP contribution in [0.25, 0.3) is 0 Å². The molecule has 1 saturated carbocycles. The molecule has 0 aliphatic heterocycles. The third kappa shape index (κ3) is 4.52. The zero-order chi connectivity index (χ0) is 14.2. The van der Waals surface area contributed by atoms with Crippen molar-refractivity contribution in [1.29, 1.82) is 0 Å². The summed E-state index contributed by atoms with van der Waals surface area (Å²) in [5.74, 6) is 0.203. The summed E-state index contributed by atoms with van der Waals surface area (Å²) >= 11 is 0. The molecule has 2 nitrogen and oxygen atoms in total. The Balaban J connectivity index is 1.84. The molecule has 1 aliphatic rings. The highest BCUT2D eigenvalue weighted by Gasteiger charge is 2.20. The van der Waals surface area contributed by atoms with Gasteiger partial charge in [-0.3, -0.25) is 4.79 Å². The quantitative estimate of drug-likeness (QED) is 0.616. The van der Waals surface area contributed by atoms with Crippen molar-refractivity contribution in [3.05, 3.63) is 47.5 Å². The van der Waals surface area contributed by atoms with Crippen molar-refractivity contribution in [2.24, 2.45) is 11.7 Å². The topological polar surface area (TPSA) is 43.1 Å². The Hall–Kier alpha value is -1.57. The molecule has 0 spiro atoms. The predicted molar refractivity (Wildman–Crippen MR) is 83.2 cm³/mol. The largest absolute Gasteiger partial charge is 0.366 e. The normalized spacial score (nSPS) is 17.1. The number of hydrogen-bond donors (Lipinski definition) is 1. The van der Waals surface area contributed by atoms with Gasteiger partial charge in [0.05, 0.1) is 0 Å². The molecule has 2 heteroatoms. The minimum absolute atomic E-state index is 0.211. The van der Waals surface area contributed by atoms with Crippen LogP contribution >= 0.6 is 0 Å². The van der Waals surface area contributed by atoms with Gasteiger partial charge in [-0.1, -0.05) is 55.7 Å². The zero-order valence-electron chi connectivity index (χ0n) is 12.2. The maximum absolute atomic E-state index is 11.6. The molecular formula is C18H25NO. The lowest BCUT2D eigenvalue weighted by molar-refractivity contribution is -0.115. The van der Waals surface area contributed by atoms with Gasteiger partial charge in [-0.05, 0) is 43.6 Å². The second kappa shape index (κ2) is 7.88. The molecule has 1 fully saturated rings. The molecule has 0 bridgehead atoms. The van der Waals surface area contributed by atoms with E-state index in [4.69, 9.17) is 5.73 Å². The third-order valence-corrected chi connectivity index (χ3v) is 4.21. The van der Waals surface area contributed by atoms with E-state index in [0.717, 1.165) is 37.7 Å². The predicted octanol–water partition coefficient (Wildman–Crippen LogP) is 4.00. The fraction of sp³-hybridized carbons (Fsp3) is 0.500. The first-order chi connectivity index (χ1) is 9.77. The van der Waals surface area contributed by atoms with Gasteiger partial charge >= 0.3 is 0 Å². The van der Waals surface area contributed by atoms with Crippen molar-refractivity contribution in [3.8, 4) is 0 Å². The van der Waals surface area contributed by atoms with Gasteiger partial charge in [0.25, 0.3) is 0 Å². The van der Waals surface area contributed by atoms with Gasteiger partial charge in [0.1, 0.15) is 0 Å². The lowest BCUT2D eigenvalue weighted by atomic mass is 9.83. The van der Waals surface area contributed by atoms with E-state index in [2.05, 4.69) is 30.3 Å². The Morgan fingerprint density at radius 1 is 1.15 bits per heavy atom. The van der Waals surface area contributed by atoms with E-state index in [1.807, 2.05) is 6.07 Å². The molecule has 0 radical (unpaired) electrons. The average Bonchev–Trinajstić information content (AvgIpc) is 2.49. The van der Waals surface area contributed by atoms with Gasteiger partial charge in [0, 0.05) is 5.57 Å². The number of benzene rings is 1. The van der Waals surface area contributed by atoms with E-state index in [1.165, 1.54) is 24.8 Å². The zero-order valence-corrected chi connectivity index (χ0v) is 12.2. The van der Waals surface area contributed by atoms with Crippen molar-refractivity contribution in [2.45, 2.75) is 51.4 Å². The van der Waals surface area contributed by atoms with Crippen LogP contribution in [-0.2, 0) is 11.2 Å². The van der Waals surface area contributed by atoms with Gasteiger partial charge in [0.15, 0.2) is 0 Å². The number of carbonyl (C=O) groups is 1. The molecule has 2 N–H and O–H groups in total. The minimum atomic E-state index is -0.211. The number of nitrogens with two attached hydrogens (primary N) is 1. The standard InChI is InChI=1S/C18H25NO/c19-18(20)17(16-12-5-2-6-13-16)14-8-7-11-15-9-3-1-4-10-15/h1,3-4,9-10,14,16H,2,5-8,11-13H2,(H2,19,20)/b17-14+. The number of unbranched alkanes of at least 4 members (excludes halogenated alkanes) is 1. The molecule has 1 aromatic rings. The van der Waals surface area contributed by atoms with Gasteiger partial charge in [-0.15, -0.1) is 0 Å². The van der Waals surface area contributed by atoms with E-state index in [-0.39, 0.29) is 5.91 Å². The summed E-state index contributed by atoms with van der Waals surface area (Å²) in [7, 11) is 0. The SMILES string of the molecule is NC(=O)/C(=C/CCCc1ccccc1)C1CCCCC1. The lowest BCUT2D eigenvalue weighted by Gasteiger charge is -2.22. The fourth-order valence-electron chi connectivity index (χ4n) is 3.09. The summed E-state index contributed by atoms with van der Waals surface area (Å²) in [6, 6.07) is 10.5. The van der Waals surface area contributed by atoms with E-state index in [9.17, 15) is 4.79 Å². The summed E-state index contributed by atoms with van der Waals surface area (Å²) in [4.78, 5) is 11.6. The second-order valence-electron chi connectivity index (χ2n) is 5.74. The molecule has 0 aromatic heterocycles. The summed E-state index contributed by atoms with van der Waals surface area (Å²) in [6.07, 6.45) is 11.2. The average molecular weight is 271 g/mol. The monoisotopic (exact) mass is 271 g/mol. The van der Waals surface area contributed by atoms with Gasteiger partial charge in [-0.25, -0.2) is 0 Å². The van der Waals surface area contributed by atoms with Crippen LogP contribution in [0.5, 0.6) is 0 Å². The Morgan fingerprint density at radius 2 is 1.85 bits per heavy atom. The molecule has 20 heavy (non-hydrogen) atoms. The number of hydrogen-bond acceptors (Lipinski definition) is 1. The number of rotatable bonds is 6. The molecule has 0 atom stereocenters. The highest BCUT2D eigenvalue weighted by molar-refractivity contribution is 5.92. The number of aryl methyl sites for hydroxylation is 1. The van der Waals surface area contributed by atoms with Crippen LogP contribution in [-0.4, -0.2) is 5.91 Å². The molecule has 0 unspecified atom stereocenters. The molecule has 1 amide bonds. The van der Waals surface area contributed by atoms with E-state index in [1.54, 1.807) is 0 Å². The molecule has 108 valence electrons. The first kappa shape index (κ1) is 14.8. The van der Waals surface area contributed by atoms with Gasteiger partial charge in [0.2, 0.25) is 5.91 Å². The van der Waals surface area contributed by atoms with Crippen LogP contribution in [0.4, 0.5) is 0 Å². The maximum Gasteiger partial charge on any atom is 0.244 e. The number of primary amides is 1. The molecule has 1 aliphatic carbocycles. The van der Waals surface area contributed by atoms with E-state index >= 15 is 0 Å². The van der Waals surface area contributed by atoms with E-state index < -0.39 is 0 Å². The van der Waals surface area contributed by atoms with Crippen molar-refractivity contribution in [3.63, 3.8) is 0 Å². The third-order valence-electron chi connectivity index (χ3n) is 4.21. The van der Waals surface area contributed by atoms with Crippen molar-refractivity contribution in [2.75, 3.05) is 0 Å². The summed E-state index contributed by atoms with van der Waals surface area (Å²) < 4.78 is 0. The Kier molecular flexibility index (Phi) is 5.85. The van der Waals surface area contributed by atoms with Crippen LogP contribution in [0.2, 0.25) is 0 Å². The summed E-state index contributed by atoms with van der Waals surface area (Å²) in [5.41, 5.74) is 7.80. The van der Waals surface area contributed by atoms with Gasteiger partial charge in [-0.2, -0.15) is 0 Å². The van der Waals surface area contributed by atoms with Gasteiger partial charge < -0.3 is 5.73 Å². The highest BCUT2D eigenvalue weighted by Crippen LogP contribution is 2.29. The lowest BCUT2D eigenvalue weighted by Crippen LogP contribution is -2.22. The van der Waals surface area contributed by atoms with Crippen LogP contribution in [0.15, 0.2) is 42.0 Å². The smallest absolute Gasteiger partial charge is 0.244 e. The number of amides is 1. The highest BCUT2D eigenvalue weighted by atomic mass is 16.1. The van der Waals surface area contributed by atoms with Crippen LogP contribution in [0.1, 0.15) is 50.5 Å². The molecular weight excluding hydrogens is 246 g/mol. The van der Waals surface area contributed by atoms with Crippen LogP contribution in [0.3, 0.4) is 0 Å². The Labute approximate surface area is 122 Å². The summed E-state index contributed by atoms with van der Waals surface area (Å²) in [6.45, 7) is 0. The minimum Gasteiger partial charge on any atom is -0.366 e. The molecule has 0 heterocycles. The van der Waals surface area contributed by atoms with E-state index in [0.29, 0.717) is 5.92 Å². The maximum atomic E-state index is 11.6. The van der Waals surface area contributed by atoms with Crippen molar-refractivity contribution < 1.29 is 4.79 Å². The number of carbonyl (C=O) groups excluding carboxylic acids is 1. The van der Waals surface area contributed by atoms with Crippen LogP contribution in [0, 0.1) is 5.92 Å². The second-order valence-corrected chi connectivity index (χ2v) is 5.74. The molecule has 0 saturated heterocycles. The summed E-state index contributed by atoms with van der Waals surface area (Å²) in [5, 5.41) is 0. The number of allylic oxidation sites excluding steroid dienone is 1. The molecule has 1 aromatic carbocycles. The Morgan fingerprint density at radius 3 is 2.50 bits per heavy atom. The first-order valence-electron chi connectivity index (χ1n) is 7.81. The van der Waals surface area contributed by atoms with Crippen molar-refractivity contribution >= 4 is 5.91 Å². The molecule has 2 rings (SSSR count). The first-order valence-corrected chi connectivity index (χ1v) is 7.81.